The monoisotopic (exact) mass is 347 g/mol. The molecule has 0 saturated carbocycles. The van der Waals surface area contributed by atoms with Crippen LogP contribution in [0.2, 0.25) is 5.02 Å². The molecule has 0 spiro atoms. The van der Waals surface area contributed by atoms with E-state index in [1.165, 1.54) is 44.6 Å². The van der Waals surface area contributed by atoms with E-state index in [1.807, 2.05) is 0 Å². The molecule has 0 aliphatic rings. The molecule has 0 saturated heterocycles. The van der Waals surface area contributed by atoms with Crippen LogP contribution in [0.5, 0.6) is 11.5 Å². The standard InChI is InChI=1S/C17H14ClNO5/c1-23-16-9-11(8-14(18)17(16)24-2)6-7-15(20)12-4-3-5-13(10-12)19(21)22/h3-10H,1-2H3/b7-6+. The van der Waals surface area contributed by atoms with E-state index in [4.69, 9.17) is 21.1 Å². The second kappa shape index (κ2) is 7.61. The molecule has 7 heteroatoms. The molecule has 0 amide bonds. The molecular formula is C17H14ClNO5. The second-order valence-corrected chi connectivity index (χ2v) is 5.15. The van der Waals surface area contributed by atoms with E-state index < -0.39 is 4.92 Å². The highest BCUT2D eigenvalue weighted by molar-refractivity contribution is 6.32. The number of nitro benzene ring substituents is 1. The number of nitrogens with zero attached hydrogens (tertiary/aromatic N) is 1. The first-order chi connectivity index (χ1) is 11.5. The lowest BCUT2D eigenvalue weighted by Crippen LogP contribution is -1.96. The summed E-state index contributed by atoms with van der Waals surface area (Å²) in [6.45, 7) is 0. The van der Waals surface area contributed by atoms with Crippen LogP contribution in [0.4, 0.5) is 5.69 Å². The number of carbonyl (C=O) groups is 1. The third-order valence-corrected chi connectivity index (χ3v) is 3.51. The minimum Gasteiger partial charge on any atom is -0.493 e. The molecule has 0 aliphatic heterocycles. The first-order valence-electron chi connectivity index (χ1n) is 6.84. The Morgan fingerprint density at radius 2 is 1.96 bits per heavy atom. The van der Waals surface area contributed by atoms with Gasteiger partial charge in [0, 0.05) is 17.7 Å². The topological polar surface area (TPSA) is 78.7 Å². The number of rotatable bonds is 6. The zero-order chi connectivity index (χ0) is 17.7. The van der Waals surface area contributed by atoms with Crippen LogP contribution >= 0.6 is 11.6 Å². The maximum Gasteiger partial charge on any atom is 0.270 e. The molecule has 124 valence electrons. The smallest absolute Gasteiger partial charge is 0.270 e. The molecule has 2 aromatic carbocycles. The van der Waals surface area contributed by atoms with Crippen LogP contribution in [0, 0.1) is 10.1 Å². The molecule has 0 heterocycles. The number of benzene rings is 2. The maximum atomic E-state index is 12.2. The van der Waals surface area contributed by atoms with Gasteiger partial charge in [-0.3, -0.25) is 14.9 Å². The second-order valence-electron chi connectivity index (χ2n) is 4.74. The van der Waals surface area contributed by atoms with E-state index in [-0.39, 0.29) is 17.0 Å². The molecule has 2 rings (SSSR count). The van der Waals surface area contributed by atoms with Crippen molar-refractivity contribution >= 4 is 29.1 Å². The normalized spacial score (nSPS) is 10.6. The number of carbonyl (C=O) groups excluding carboxylic acids is 1. The van der Waals surface area contributed by atoms with Gasteiger partial charge in [0.15, 0.2) is 17.3 Å². The third kappa shape index (κ3) is 3.91. The average molecular weight is 348 g/mol. The van der Waals surface area contributed by atoms with Crippen molar-refractivity contribution in [3.05, 3.63) is 68.7 Å². The van der Waals surface area contributed by atoms with Crippen LogP contribution < -0.4 is 9.47 Å². The highest BCUT2D eigenvalue weighted by Gasteiger charge is 2.11. The van der Waals surface area contributed by atoms with E-state index >= 15 is 0 Å². The fourth-order valence-corrected chi connectivity index (χ4v) is 2.37. The molecule has 0 aromatic heterocycles. The van der Waals surface area contributed by atoms with Crippen molar-refractivity contribution in [2.24, 2.45) is 0 Å². The highest BCUT2D eigenvalue weighted by Crippen LogP contribution is 2.36. The molecule has 0 atom stereocenters. The van der Waals surface area contributed by atoms with Crippen LogP contribution in [0.1, 0.15) is 15.9 Å². The minimum atomic E-state index is -0.547. The summed E-state index contributed by atoms with van der Waals surface area (Å²) >= 11 is 6.10. The van der Waals surface area contributed by atoms with Crippen molar-refractivity contribution in [1.29, 1.82) is 0 Å². The molecule has 24 heavy (non-hydrogen) atoms. The van der Waals surface area contributed by atoms with Gasteiger partial charge < -0.3 is 9.47 Å². The van der Waals surface area contributed by atoms with Gasteiger partial charge in [0.25, 0.3) is 5.69 Å². The Morgan fingerprint density at radius 1 is 1.21 bits per heavy atom. The Balaban J connectivity index is 2.27. The molecule has 0 radical (unpaired) electrons. The summed E-state index contributed by atoms with van der Waals surface area (Å²) in [7, 11) is 2.96. The van der Waals surface area contributed by atoms with Crippen molar-refractivity contribution in [2.75, 3.05) is 14.2 Å². The first kappa shape index (κ1) is 17.5. The largest absolute Gasteiger partial charge is 0.493 e. The van der Waals surface area contributed by atoms with E-state index in [2.05, 4.69) is 0 Å². The van der Waals surface area contributed by atoms with Gasteiger partial charge in [-0.1, -0.05) is 29.8 Å². The van der Waals surface area contributed by atoms with Crippen molar-refractivity contribution in [2.45, 2.75) is 0 Å². The van der Waals surface area contributed by atoms with Gasteiger partial charge in [0.05, 0.1) is 24.2 Å². The Labute approximate surface area is 143 Å². The van der Waals surface area contributed by atoms with Gasteiger partial charge in [0.1, 0.15) is 0 Å². The van der Waals surface area contributed by atoms with Crippen LogP contribution in [-0.4, -0.2) is 24.9 Å². The maximum absolute atomic E-state index is 12.2. The molecule has 0 fully saturated rings. The summed E-state index contributed by atoms with van der Waals surface area (Å²) in [5, 5.41) is 11.1. The lowest BCUT2D eigenvalue weighted by Gasteiger charge is -2.10. The highest BCUT2D eigenvalue weighted by atomic mass is 35.5. The fourth-order valence-electron chi connectivity index (χ4n) is 2.07. The van der Waals surface area contributed by atoms with Crippen molar-refractivity contribution in [3.63, 3.8) is 0 Å². The van der Waals surface area contributed by atoms with Crippen LogP contribution in [0.3, 0.4) is 0 Å². The molecule has 0 unspecified atom stereocenters. The molecule has 2 aromatic rings. The average Bonchev–Trinajstić information content (AvgIpc) is 2.59. The predicted molar refractivity (Wildman–Crippen MR) is 91.0 cm³/mol. The van der Waals surface area contributed by atoms with Gasteiger partial charge in [-0.25, -0.2) is 0 Å². The van der Waals surface area contributed by atoms with E-state index in [0.717, 1.165) is 0 Å². The minimum absolute atomic E-state index is 0.136. The van der Waals surface area contributed by atoms with Gasteiger partial charge >= 0.3 is 0 Å². The Kier molecular flexibility index (Phi) is 5.55. The summed E-state index contributed by atoms with van der Waals surface area (Å²) in [6, 6.07) is 8.83. The molecular weight excluding hydrogens is 334 g/mol. The summed E-state index contributed by atoms with van der Waals surface area (Å²) in [6.07, 6.45) is 2.87. The van der Waals surface area contributed by atoms with Gasteiger partial charge in [-0.15, -0.1) is 0 Å². The summed E-state index contributed by atoms with van der Waals surface area (Å²) in [4.78, 5) is 22.4. The van der Waals surface area contributed by atoms with Gasteiger partial charge in [-0.2, -0.15) is 0 Å². The first-order valence-corrected chi connectivity index (χ1v) is 7.22. The molecule has 6 nitrogen and oxygen atoms in total. The van der Waals surface area contributed by atoms with Gasteiger partial charge in [-0.05, 0) is 23.8 Å². The number of allylic oxidation sites excluding steroid dienone is 1. The van der Waals surface area contributed by atoms with Crippen LogP contribution in [-0.2, 0) is 0 Å². The number of halogens is 1. The third-order valence-electron chi connectivity index (χ3n) is 3.22. The Morgan fingerprint density at radius 3 is 2.58 bits per heavy atom. The zero-order valence-corrected chi connectivity index (χ0v) is 13.7. The number of hydrogen-bond acceptors (Lipinski definition) is 5. The van der Waals surface area contributed by atoms with E-state index in [1.54, 1.807) is 18.2 Å². The zero-order valence-electron chi connectivity index (χ0n) is 13.0. The number of methoxy groups -OCH3 is 2. The SMILES string of the molecule is COc1cc(/C=C/C(=O)c2cccc([N+](=O)[O-])c2)cc(Cl)c1OC. The lowest BCUT2D eigenvalue weighted by atomic mass is 10.1. The molecule has 0 aliphatic carbocycles. The van der Waals surface area contributed by atoms with Crippen molar-refractivity contribution < 1.29 is 19.2 Å². The summed E-state index contributed by atoms with van der Waals surface area (Å²) < 4.78 is 10.3. The number of nitro groups is 1. The van der Waals surface area contributed by atoms with Crippen molar-refractivity contribution in [3.8, 4) is 11.5 Å². The number of hydrogen-bond donors (Lipinski definition) is 0. The van der Waals surface area contributed by atoms with E-state index in [0.29, 0.717) is 22.1 Å². The predicted octanol–water partition coefficient (Wildman–Crippen LogP) is 4.16. The van der Waals surface area contributed by atoms with E-state index in [9.17, 15) is 14.9 Å². The Bertz CT molecular complexity index is 817. The molecule has 0 N–H and O–H groups in total. The number of non-ortho nitro benzene ring substituents is 1. The van der Waals surface area contributed by atoms with Gasteiger partial charge in [0.2, 0.25) is 0 Å². The Hall–Kier alpha value is -2.86. The van der Waals surface area contributed by atoms with Crippen LogP contribution in [0.25, 0.3) is 6.08 Å². The molecule has 0 bridgehead atoms. The fraction of sp³-hybridized carbons (Fsp3) is 0.118. The number of ketones is 1. The van der Waals surface area contributed by atoms with Crippen LogP contribution in [0.15, 0.2) is 42.5 Å². The summed E-state index contributed by atoms with van der Waals surface area (Å²) in [5.41, 5.74) is 0.729. The van der Waals surface area contributed by atoms with Crippen molar-refractivity contribution in [1.82, 2.24) is 0 Å². The summed E-state index contributed by atoms with van der Waals surface area (Å²) in [5.74, 6) is 0.485. The lowest BCUT2D eigenvalue weighted by molar-refractivity contribution is -0.384. The number of ether oxygens (including phenoxy) is 2. The quantitative estimate of drug-likeness (QED) is 0.339.